The number of hydrogen-bond acceptors (Lipinski definition) is 2. The minimum atomic E-state index is -0.580. The van der Waals surface area contributed by atoms with Crippen LogP contribution in [-0.4, -0.2) is 28.8 Å². The summed E-state index contributed by atoms with van der Waals surface area (Å²) >= 11 is 0. The van der Waals surface area contributed by atoms with E-state index in [1.54, 1.807) is 0 Å². The molecule has 1 atom stereocenters. The first-order valence-electron chi connectivity index (χ1n) is 13.6. The highest BCUT2D eigenvalue weighted by Gasteiger charge is 2.32. The van der Waals surface area contributed by atoms with Crippen molar-refractivity contribution in [2.45, 2.75) is 84.3 Å². The van der Waals surface area contributed by atoms with E-state index in [0.717, 1.165) is 53.5 Å². The molecule has 0 saturated heterocycles. The van der Waals surface area contributed by atoms with E-state index in [1.165, 1.54) is 12.0 Å². The highest BCUT2D eigenvalue weighted by molar-refractivity contribution is 5.89. The summed E-state index contributed by atoms with van der Waals surface area (Å²) in [6.45, 7) is 6.57. The predicted octanol–water partition coefficient (Wildman–Crippen LogP) is 6.24. The van der Waals surface area contributed by atoms with Gasteiger partial charge in [0, 0.05) is 19.0 Å². The molecule has 1 aliphatic rings. The van der Waals surface area contributed by atoms with Gasteiger partial charge in [0.25, 0.3) is 0 Å². The molecule has 3 aromatic carbocycles. The minimum Gasteiger partial charge on any atom is -0.352 e. The maximum atomic E-state index is 14.0. The number of carbonyl (C=O) groups is 2. The Balaban J connectivity index is 1.66. The van der Waals surface area contributed by atoms with E-state index in [2.05, 4.69) is 68.6 Å². The van der Waals surface area contributed by atoms with Gasteiger partial charge in [-0.15, -0.1) is 0 Å². The van der Waals surface area contributed by atoms with Crippen molar-refractivity contribution in [2.75, 3.05) is 0 Å². The van der Waals surface area contributed by atoms with Crippen LogP contribution < -0.4 is 5.32 Å². The lowest BCUT2D eigenvalue weighted by atomic mass is 9.94. The molecule has 0 heterocycles. The van der Waals surface area contributed by atoms with Gasteiger partial charge in [-0.3, -0.25) is 9.59 Å². The summed E-state index contributed by atoms with van der Waals surface area (Å²) in [5.41, 5.74) is 6.53. The molecule has 0 aliphatic heterocycles. The smallest absolute Gasteiger partial charge is 0.243 e. The number of hydrogen-bond donors (Lipinski definition) is 1. The quantitative estimate of drug-likeness (QED) is 0.381. The first-order chi connectivity index (χ1) is 17.9. The minimum absolute atomic E-state index is 0.0229. The number of nitrogens with one attached hydrogen (secondary N) is 1. The lowest BCUT2D eigenvalue weighted by Crippen LogP contribution is -2.53. The SMILES string of the molecule is Cc1ccc(CN(C(=O)Cc2cc(C)cc(C)c2)[C@H](Cc2ccccc2)C(=O)NC2CCCCC2)cc1. The molecular formula is C33H40N2O2. The lowest BCUT2D eigenvalue weighted by Gasteiger charge is -2.33. The van der Waals surface area contributed by atoms with Crippen molar-refractivity contribution in [3.8, 4) is 0 Å². The van der Waals surface area contributed by atoms with Gasteiger partial charge in [-0.1, -0.05) is 109 Å². The van der Waals surface area contributed by atoms with Crippen LogP contribution >= 0.6 is 0 Å². The van der Waals surface area contributed by atoms with Crippen molar-refractivity contribution >= 4 is 11.8 Å². The van der Waals surface area contributed by atoms with Crippen LogP contribution in [0.25, 0.3) is 0 Å². The molecule has 4 nitrogen and oxygen atoms in total. The van der Waals surface area contributed by atoms with E-state index in [4.69, 9.17) is 0 Å². The van der Waals surface area contributed by atoms with Crippen LogP contribution in [0.5, 0.6) is 0 Å². The first-order valence-corrected chi connectivity index (χ1v) is 13.6. The second kappa shape index (κ2) is 12.7. The van der Waals surface area contributed by atoms with Crippen molar-refractivity contribution in [3.05, 3.63) is 106 Å². The number of nitrogens with zero attached hydrogens (tertiary/aromatic N) is 1. The standard InChI is InChI=1S/C33H40N2O2/c1-24-14-16-28(17-15-24)23-35(32(36)22-29-19-25(2)18-26(3)20-29)31(21-27-10-6-4-7-11-27)33(37)34-30-12-8-5-9-13-30/h4,6-7,10-11,14-20,30-31H,5,8-9,12-13,21-23H2,1-3H3,(H,34,37)/t31-/m1/s1. The average Bonchev–Trinajstić information content (AvgIpc) is 2.87. The zero-order valence-electron chi connectivity index (χ0n) is 22.5. The monoisotopic (exact) mass is 496 g/mol. The van der Waals surface area contributed by atoms with E-state index < -0.39 is 6.04 Å². The normalized spacial score (nSPS) is 14.7. The van der Waals surface area contributed by atoms with Gasteiger partial charge in [0.05, 0.1) is 6.42 Å². The molecule has 1 N–H and O–H groups in total. The van der Waals surface area contributed by atoms with Gasteiger partial charge in [-0.2, -0.15) is 0 Å². The predicted molar refractivity (Wildman–Crippen MR) is 150 cm³/mol. The number of aryl methyl sites for hydroxylation is 3. The van der Waals surface area contributed by atoms with E-state index in [1.807, 2.05) is 35.2 Å². The molecule has 0 aromatic heterocycles. The Morgan fingerprint density at radius 3 is 2.08 bits per heavy atom. The molecule has 194 valence electrons. The van der Waals surface area contributed by atoms with Gasteiger partial charge < -0.3 is 10.2 Å². The molecule has 0 unspecified atom stereocenters. The highest BCUT2D eigenvalue weighted by Crippen LogP contribution is 2.21. The zero-order valence-corrected chi connectivity index (χ0v) is 22.5. The third-order valence-electron chi connectivity index (χ3n) is 7.33. The molecule has 37 heavy (non-hydrogen) atoms. The summed E-state index contributed by atoms with van der Waals surface area (Å²) in [6.07, 6.45) is 6.31. The maximum absolute atomic E-state index is 14.0. The van der Waals surface area contributed by atoms with Crippen LogP contribution in [0.3, 0.4) is 0 Å². The third kappa shape index (κ3) is 7.79. The van der Waals surface area contributed by atoms with E-state index in [0.29, 0.717) is 13.0 Å². The van der Waals surface area contributed by atoms with Crippen molar-refractivity contribution in [2.24, 2.45) is 0 Å². The van der Waals surface area contributed by atoms with E-state index in [-0.39, 0.29) is 24.3 Å². The Bertz CT molecular complexity index is 1160. The Kier molecular flexibility index (Phi) is 9.16. The van der Waals surface area contributed by atoms with Gasteiger partial charge >= 0.3 is 0 Å². The van der Waals surface area contributed by atoms with Gasteiger partial charge in [-0.25, -0.2) is 0 Å². The first kappa shape index (κ1) is 26.7. The lowest BCUT2D eigenvalue weighted by molar-refractivity contribution is -0.141. The van der Waals surface area contributed by atoms with Crippen LogP contribution in [0.1, 0.15) is 65.5 Å². The summed E-state index contributed by atoms with van der Waals surface area (Å²) in [5, 5.41) is 3.32. The molecule has 0 bridgehead atoms. The third-order valence-corrected chi connectivity index (χ3v) is 7.33. The molecule has 2 amide bonds. The molecule has 4 heteroatoms. The van der Waals surface area contributed by atoms with Gasteiger partial charge in [-0.05, 0) is 50.3 Å². The molecule has 1 aliphatic carbocycles. The number of benzene rings is 3. The fourth-order valence-electron chi connectivity index (χ4n) is 5.44. The summed E-state index contributed by atoms with van der Waals surface area (Å²) in [5.74, 6) is -0.0677. The van der Waals surface area contributed by atoms with Crippen molar-refractivity contribution in [1.29, 1.82) is 0 Å². The van der Waals surface area contributed by atoms with E-state index in [9.17, 15) is 9.59 Å². The number of carbonyl (C=O) groups excluding carboxylic acids is 2. The molecule has 0 radical (unpaired) electrons. The van der Waals surface area contributed by atoms with Crippen LogP contribution in [0, 0.1) is 20.8 Å². The summed E-state index contributed by atoms with van der Waals surface area (Å²) in [7, 11) is 0. The molecule has 0 spiro atoms. The van der Waals surface area contributed by atoms with Crippen LogP contribution in [-0.2, 0) is 29.0 Å². The molecule has 1 fully saturated rings. The fourth-order valence-corrected chi connectivity index (χ4v) is 5.44. The van der Waals surface area contributed by atoms with Crippen molar-refractivity contribution in [3.63, 3.8) is 0 Å². The molecule has 1 saturated carbocycles. The largest absolute Gasteiger partial charge is 0.352 e. The Labute approximate surface area is 222 Å². The van der Waals surface area contributed by atoms with Crippen LogP contribution in [0.4, 0.5) is 0 Å². The van der Waals surface area contributed by atoms with Crippen LogP contribution in [0.15, 0.2) is 72.8 Å². The van der Waals surface area contributed by atoms with Gasteiger partial charge in [0.2, 0.25) is 11.8 Å². The van der Waals surface area contributed by atoms with Crippen LogP contribution in [0.2, 0.25) is 0 Å². The van der Waals surface area contributed by atoms with Crippen molar-refractivity contribution in [1.82, 2.24) is 10.2 Å². The second-order valence-electron chi connectivity index (χ2n) is 10.7. The fraction of sp³-hybridized carbons (Fsp3) is 0.394. The Morgan fingerprint density at radius 1 is 0.784 bits per heavy atom. The average molecular weight is 497 g/mol. The Hall–Kier alpha value is -3.40. The van der Waals surface area contributed by atoms with E-state index >= 15 is 0 Å². The zero-order chi connectivity index (χ0) is 26.2. The number of rotatable bonds is 9. The molecule has 4 rings (SSSR count). The molecular weight excluding hydrogens is 456 g/mol. The Morgan fingerprint density at radius 2 is 1.43 bits per heavy atom. The second-order valence-corrected chi connectivity index (χ2v) is 10.7. The highest BCUT2D eigenvalue weighted by atomic mass is 16.2. The summed E-state index contributed by atoms with van der Waals surface area (Å²) < 4.78 is 0. The topological polar surface area (TPSA) is 49.4 Å². The summed E-state index contributed by atoms with van der Waals surface area (Å²) in [4.78, 5) is 29.7. The number of amides is 2. The maximum Gasteiger partial charge on any atom is 0.243 e. The van der Waals surface area contributed by atoms with Gasteiger partial charge in [0.1, 0.15) is 6.04 Å². The summed E-state index contributed by atoms with van der Waals surface area (Å²) in [6, 6.07) is 24.2. The molecule has 3 aromatic rings. The van der Waals surface area contributed by atoms with Crippen molar-refractivity contribution < 1.29 is 9.59 Å². The van der Waals surface area contributed by atoms with Gasteiger partial charge in [0.15, 0.2) is 0 Å².